The molecule has 0 bridgehead atoms. The zero-order chi connectivity index (χ0) is 22.5. The molecular weight excluding hydrogens is 440 g/mol. The van der Waals surface area contributed by atoms with Crippen molar-refractivity contribution in [3.63, 3.8) is 0 Å². The molecule has 2 nitrogen and oxygen atoms in total. The van der Waals surface area contributed by atoms with Crippen LogP contribution in [-0.2, 0) is 0 Å². The maximum atomic E-state index is 5.15. The summed E-state index contributed by atoms with van der Waals surface area (Å²) in [4.78, 5) is 8.62. The number of anilines is 3. The molecule has 0 aliphatic heterocycles. The molecule has 160 valence electrons. The van der Waals surface area contributed by atoms with Gasteiger partial charge in [0.2, 0.25) is 0 Å². The summed E-state index contributed by atoms with van der Waals surface area (Å²) in [7, 11) is 0. The Hall–Kier alpha value is -3.60. The van der Waals surface area contributed by atoms with E-state index in [0.717, 1.165) is 38.2 Å². The molecule has 0 amide bonds. The number of thiazole rings is 1. The van der Waals surface area contributed by atoms with E-state index in [1.165, 1.54) is 4.90 Å². The van der Waals surface area contributed by atoms with Crippen molar-refractivity contribution < 1.29 is 0 Å². The SMILES string of the molecule is C=CSc1ccc(-c2nc(-c3ccccc3)c(N(c3ccccc3)c3ccccc3)s2)cc1. The molecule has 1 aromatic heterocycles. The highest BCUT2D eigenvalue weighted by Crippen LogP contribution is 2.46. The molecule has 0 aliphatic carbocycles. The standard InChI is InChI=1S/C29H22N2S2/c1-2-32-26-20-18-23(19-21-26)28-30-27(22-12-6-3-7-13-22)29(33-28)31(24-14-8-4-9-15-24)25-16-10-5-11-17-25/h2-21H,1H2. The normalized spacial score (nSPS) is 10.7. The number of hydrogen-bond acceptors (Lipinski definition) is 4. The first-order valence-corrected chi connectivity index (χ1v) is 12.4. The molecule has 33 heavy (non-hydrogen) atoms. The van der Waals surface area contributed by atoms with Gasteiger partial charge in [0.25, 0.3) is 0 Å². The Bertz CT molecular complexity index is 1290. The van der Waals surface area contributed by atoms with E-state index in [0.29, 0.717) is 0 Å². The molecule has 0 radical (unpaired) electrons. The van der Waals surface area contributed by atoms with Crippen LogP contribution < -0.4 is 4.90 Å². The summed E-state index contributed by atoms with van der Waals surface area (Å²) in [5, 5.41) is 3.94. The third-order valence-electron chi connectivity index (χ3n) is 5.21. The molecule has 1 heterocycles. The molecule has 0 aliphatic rings. The van der Waals surface area contributed by atoms with Gasteiger partial charge in [-0.05, 0) is 41.8 Å². The van der Waals surface area contributed by atoms with E-state index < -0.39 is 0 Å². The van der Waals surface area contributed by atoms with Gasteiger partial charge in [-0.15, -0.1) is 0 Å². The second-order valence-electron chi connectivity index (χ2n) is 7.35. The molecule has 4 heteroatoms. The van der Waals surface area contributed by atoms with Crippen LogP contribution in [0.2, 0.25) is 0 Å². The molecular formula is C29H22N2S2. The average Bonchev–Trinajstić information content (AvgIpc) is 3.32. The Morgan fingerprint density at radius 1 is 0.667 bits per heavy atom. The van der Waals surface area contributed by atoms with E-state index >= 15 is 0 Å². The van der Waals surface area contributed by atoms with Crippen molar-refractivity contribution in [1.82, 2.24) is 4.98 Å². The Morgan fingerprint density at radius 2 is 1.21 bits per heavy atom. The van der Waals surface area contributed by atoms with Crippen molar-refractivity contribution in [2.75, 3.05) is 4.90 Å². The van der Waals surface area contributed by atoms with E-state index in [-0.39, 0.29) is 0 Å². The topological polar surface area (TPSA) is 16.1 Å². The lowest BCUT2D eigenvalue weighted by atomic mass is 10.1. The van der Waals surface area contributed by atoms with Crippen LogP contribution in [0.3, 0.4) is 0 Å². The molecule has 0 atom stereocenters. The lowest BCUT2D eigenvalue weighted by Crippen LogP contribution is -2.09. The third kappa shape index (κ3) is 4.63. The van der Waals surface area contributed by atoms with Crippen molar-refractivity contribution in [3.8, 4) is 21.8 Å². The van der Waals surface area contributed by atoms with E-state index in [2.05, 4.69) is 109 Å². The fraction of sp³-hybridized carbons (Fsp3) is 0. The van der Waals surface area contributed by atoms with Crippen molar-refractivity contribution in [1.29, 1.82) is 0 Å². The molecule has 5 rings (SSSR count). The van der Waals surface area contributed by atoms with Crippen LogP contribution in [0.25, 0.3) is 21.8 Å². The summed E-state index contributed by atoms with van der Waals surface area (Å²) < 4.78 is 0. The maximum absolute atomic E-state index is 5.15. The number of hydrogen-bond donors (Lipinski definition) is 0. The predicted octanol–water partition coefficient (Wildman–Crippen LogP) is 9.18. The summed E-state index contributed by atoms with van der Waals surface area (Å²) in [6.07, 6.45) is 0. The van der Waals surface area contributed by atoms with Crippen LogP contribution in [0.4, 0.5) is 16.4 Å². The van der Waals surface area contributed by atoms with Crippen molar-refractivity contribution in [3.05, 3.63) is 127 Å². The van der Waals surface area contributed by atoms with Crippen LogP contribution in [0.1, 0.15) is 0 Å². The molecule has 0 N–H and O–H groups in total. The quantitative estimate of drug-likeness (QED) is 0.224. The largest absolute Gasteiger partial charge is 0.300 e. The molecule has 0 saturated carbocycles. The van der Waals surface area contributed by atoms with Gasteiger partial charge >= 0.3 is 0 Å². The van der Waals surface area contributed by atoms with E-state index in [1.807, 2.05) is 23.6 Å². The fourth-order valence-electron chi connectivity index (χ4n) is 3.68. The minimum Gasteiger partial charge on any atom is -0.300 e. The van der Waals surface area contributed by atoms with Crippen LogP contribution >= 0.6 is 23.1 Å². The van der Waals surface area contributed by atoms with Crippen molar-refractivity contribution in [2.45, 2.75) is 4.90 Å². The highest BCUT2D eigenvalue weighted by Gasteiger charge is 2.22. The predicted molar refractivity (Wildman–Crippen MR) is 144 cm³/mol. The molecule has 0 spiro atoms. The number of para-hydroxylation sites is 2. The van der Waals surface area contributed by atoms with Gasteiger partial charge in [0.05, 0.1) is 0 Å². The van der Waals surface area contributed by atoms with Crippen LogP contribution in [-0.4, -0.2) is 4.98 Å². The third-order valence-corrected chi connectivity index (χ3v) is 7.01. The first kappa shape index (κ1) is 21.3. The van der Waals surface area contributed by atoms with Crippen LogP contribution in [0, 0.1) is 0 Å². The molecule has 0 saturated heterocycles. The first-order valence-electron chi connectivity index (χ1n) is 10.7. The van der Waals surface area contributed by atoms with Gasteiger partial charge in [-0.25, -0.2) is 4.98 Å². The first-order chi connectivity index (χ1) is 16.3. The summed E-state index contributed by atoms with van der Waals surface area (Å²) in [5.74, 6) is 0. The van der Waals surface area contributed by atoms with Crippen LogP contribution in [0.15, 0.2) is 132 Å². The second kappa shape index (κ2) is 9.90. The van der Waals surface area contributed by atoms with Gasteiger partial charge in [-0.1, -0.05) is 109 Å². The number of nitrogens with zero attached hydrogens (tertiary/aromatic N) is 2. The second-order valence-corrected chi connectivity index (χ2v) is 9.37. The highest BCUT2D eigenvalue weighted by molar-refractivity contribution is 8.02. The zero-order valence-electron chi connectivity index (χ0n) is 18.0. The molecule has 5 aromatic rings. The Morgan fingerprint density at radius 3 is 1.76 bits per heavy atom. The summed E-state index contributed by atoms with van der Waals surface area (Å²) >= 11 is 3.33. The average molecular weight is 463 g/mol. The molecule has 4 aromatic carbocycles. The van der Waals surface area contributed by atoms with Crippen molar-refractivity contribution in [2.24, 2.45) is 0 Å². The lowest BCUT2D eigenvalue weighted by molar-refractivity contribution is 1.29. The Kier molecular flexibility index (Phi) is 6.38. The summed E-state index contributed by atoms with van der Waals surface area (Å²) in [6, 6.07) is 39.9. The smallest absolute Gasteiger partial charge is 0.129 e. The number of benzene rings is 4. The molecule has 0 fully saturated rings. The van der Waals surface area contributed by atoms with E-state index in [9.17, 15) is 0 Å². The lowest BCUT2D eigenvalue weighted by Gasteiger charge is -2.24. The van der Waals surface area contributed by atoms with Gasteiger partial charge in [-0.2, -0.15) is 0 Å². The highest BCUT2D eigenvalue weighted by atomic mass is 32.2. The van der Waals surface area contributed by atoms with Gasteiger partial charge in [0, 0.05) is 27.4 Å². The Balaban J connectivity index is 1.69. The fourth-order valence-corrected chi connectivity index (χ4v) is 5.30. The van der Waals surface area contributed by atoms with Gasteiger partial charge in [0.1, 0.15) is 15.7 Å². The Labute approximate surface area is 202 Å². The van der Waals surface area contributed by atoms with Gasteiger partial charge in [0.15, 0.2) is 0 Å². The van der Waals surface area contributed by atoms with E-state index in [4.69, 9.17) is 4.98 Å². The van der Waals surface area contributed by atoms with Gasteiger partial charge < -0.3 is 4.90 Å². The number of aromatic nitrogens is 1. The van der Waals surface area contributed by atoms with Crippen molar-refractivity contribution >= 4 is 39.5 Å². The van der Waals surface area contributed by atoms with Crippen LogP contribution in [0.5, 0.6) is 0 Å². The monoisotopic (exact) mass is 462 g/mol. The minimum absolute atomic E-state index is 0.979. The summed E-state index contributed by atoms with van der Waals surface area (Å²) in [5.41, 5.74) is 5.40. The minimum atomic E-state index is 0.979. The number of rotatable bonds is 7. The summed E-state index contributed by atoms with van der Waals surface area (Å²) in [6.45, 7) is 3.81. The maximum Gasteiger partial charge on any atom is 0.129 e. The number of thioether (sulfide) groups is 1. The zero-order valence-corrected chi connectivity index (χ0v) is 19.6. The van der Waals surface area contributed by atoms with E-state index in [1.54, 1.807) is 23.1 Å². The van der Waals surface area contributed by atoms with Gasteiger partial charge in [-0.3, -0.25) is 0 Å². The molecule has 0 unspecified atom stereocenters.